The van der Waals surface area contributed by atoms with Gasteiger partial charge in [-0.15, -0.1) is 0 Å². The predicted octanol–water partition coefficient (Wildman–Crippen LogP) is 1.22. The fourth-order valence-corrected chi connectivity index (χ4v) is 3.15. The molecule has 2 unspecified atom stereocenters. The van der Waals surface area contributed by atoms with Crippen LogP contribution < -0.4 is 0 Å². The molecule has 82 valence electrons. The molecule has 0 N–H and O–H groups in total. The number of piperidine rings is 1. The van der Waals surface area contributed by atoms with E-state index in [1.165, 1.54) is 6.42 Å². The van der Waals surface area contributed by atoms with Crippen LogP contribution in [0.2, 0.25) is 0 Å². The van der Waals surface area contributed by atoms with E-state index in [0.717, 1.165) is 24.7 Å². The summed E-state index contributed by atoms with van der Waals surface area (Å²) in [5, 5.41) is 0. The molecule has 3 fully saturated rings. The summed E-state index contributed by atoms with van der Waals surface area (Å²) < 4.78 is 0. The fourth-order valence-electron chi connectivity index (χ4n) is 3.15. The highest BCUT2D eigenvalue weighted by Crippen LogP contribution is 2.54. The molecule has 0 radical (unpaired) electrons. The molecular weight excluding hydrogens is 190 g/mol. The number of likely N-dealkylation sites (tertiary alicyclic amines) is 1. The molecule has 0 aromatic rings. The van der Waals surface area contributed by atoms with Crippen LogP contribution in [0.15, 0.2) is 0 Å². The van der Waals surface area contributed by atoms with Crippen molar-refractivity contribution in [1.82, 2.24) is 4.90 Å². The summed E-state index contributed by atoms with van der Waals surface area (Å²) in [6.45, 7) is 1.34. The maximum Gasteiger partial charge on any atom is 0.225 e. The van der Waals surface area contributed by atoms with Gasteiger partial charge in [-0.3, -0.25) is 9.59 Å². The lowest BCUT2D eigenvalue weighted by atomic mass is 10.00. The van der Waals surface area contributed by atoms with Crippen LogP contribution in [0.5, 0.6) is 0 Å². The van der Waals surface area contributed by atoms with Gasteiger partial charge in [0.2, 0.25) is 5.91 Å². The topological polar surface area (TPSA) is 37.4 Å². The number of rotatable bonds is 1. The fraction of sp³-hybridized carbons (Fsp3) is 0.833. The van der Waals surface area contributed by atoms with E-state index in [9.17, 15) is 9.59 Å². The largest absolute Gasteiger partial charge is 0.342 e. The molecule has 2 atom stereocenters. The third-order valence-electron chi connectivity index (χ3n) is 4.23. The third-order valence-corrected chi connectivity index (χ3v) is 4.23. The zero-order valence-electron chi connectivity index (χ0n) is 8.95. The molecule has 0 aromatic carbocycles. The van der Waals surface area contributed by atoms with Gasteiger partial charge in [-0.25, -0.2) is 0 Å². The summed E-state index contributed by atoms with van der Waals surface area (Å²) >= 11 is 0. The Morgan fingerprint density at radius 1 is 1.07 bits per heavy atom. The molecule has 0 bridgehead atoms. The second kappa shape index (κ2) is 3.32. The van der Waals surface area contributed by atoms with E-state index in [2.05, 4.69) is 0 Å². The lowest BCUT2D eigenvalue weighted by Gasteiger charge is -2.29. The minimum atomic E-state index is 0.293. The maximum atomic E-state index is 12.1. The standard InChI is InChI=1S/C12H17NO2/c14-11-1-3-13(4-2-11)12(15)10-6-8-5-9(8)7-10/h8-10H,1-7H2. The molecule has 2 aliphatic carbocycles. The van der Waals surface area contributed by atoms with Crippen LogP contribution in [-0.4, -0.2) is 29.7 Å². The van der Waals surface area contributed by atoms with Crippen molar-refractivity contribution in [3.05, 3.63) is 0 Å². The highest BCUT2D eigenvalue weighted by atomic mass is 16.2. The minimum absolute atomic E-state index is 0.293. The van der Waals surface area contributed by atoms with E-state index in [1.54, 1.807) is 0 Å². The van der Waals surface area contributed by atoms with Crippen LogP contribution in [0, 0.1) is 17.8 Å². The first kappa shape index (κ1) is 9.37. The monoisotopic (exact) mass is 207 g/mol. The van der Waals surface area contributed by atoms with Gasteiger partial charge in [-0.05, 0) is 31.1 Å². The first-order valence-electron chi connectivity index (χ1n) is 6.04. The van der Waals surface area contributed by atoms with Gasteiger partial charge in [0.05, 0.1) is 0 Å². The number of fused-ring (bicyclic) bond motifs is 1. The number of carbonyl (C=O) groups excluding carboxylic acids is 2. The van der Waals surface area contributed by atoms with Crippen LogP contribution >= 0.6 is 0 Å². The Hall–Kier alpha value is -0.860. The maximum absolute atomic E-state index is 12.1. The van der Waals surface area contributed by atoms with E-state index in [1.807, 2.05) is 4.90 Å². The number of nitrogens with zero attached hydrogens (tertiary/aromatic N) is 1. The van der Waals surface area contributed by atoms with Gasteiger partial charge in [0.1, 0.15) is 5.78 Å². The van der Waals surface area contributed by atoms with Gasteiger partial charge in [-0.2, -0.15) is 0 Å². The van der Waals surface area contributed by atoms with Crippen LogP contribution in [0.4, 0.5) is 0 Å². The van der Waals surface area contributed by atoms with Crippen molar-refractivity contribution in [2.24, 2.45) is 17.8 Å². The molecule has 3 rings (SSSR count). The summed E-state index contributed by atoms with van der Waals surface area (Å²) in [5.74, 6) is 2.67. The zero-order chi connectivity index (χ0) is 10.4. The van der Waals surface area contributed by atoms with E-state index >= 15 is 0 Å². The number of Topliss-reactive ketones (excluding diaryl/α,β-unsaturated/α-hetero) is 1. The molecule has 1 amide bonds. The Labute approximate surface area is 89.8 Å². The van der Waals surface area contributed by atoms with Crippen molar-refractivity contribution < 1.29 is 9.59 Å². The van der Waals surface area contributed by atoms with Crippen molar-refractivity contribution in [1.29, 1.82) is 0 Å². The lowest BCUT2D eigenvalue weighted by Crippen LogP contribution is -2.41. The van der Waals surface area contributed by atoms with Crippen molar-refractivity contribution in [2.45, 2.75) is 32.1 Å². The SMILES string of the molecule is O=C1CCN(C(=O)C2CC3CC3C2)CC1. The van der Waals surface area contributed by atoms with Crippen molar-refractivity contribution in [3.63, 3.8) is 0 Å². The molecule has 0 aromatic heterocycles. The normalized spacial score (nSPS) is 39.1. The molecule has 15 heavy (non-hydrogen) atoms. The summed E-state index contributed by atoms with van der Waals surface area (Å²) in [6, 6.07) is 0. The van der Waals surface area contributed by atoms with Gasteiger partial charge in [0.25, 0.3) is 0 Å². The number of carbonyl (C=O) groups is 2. The quantitative estimate of drug-likeness (QED) is 0.648. The van der Waals surface area contributed by atoms with Crippen molar-refractivity contribution in [2.75, 3.05) is 13.1 Å². The van der Waals surface area contributed by atoms with Gasteiger partial charge < -0.3 is 4.90 Å². The summed E-state index contributed by atoms with van der Waals surface area (Å²) in [4.78, 5) is 25.1. The van der Waals surface area contributed by atoms with E-state index in [4.69, 9.17) is 0 Å². The molecule has 1 heterocycles. The Morgan fingerprint density at radius 2 is 1.67 bits per heavy atom. The minimum Gasteiger partial charge on any atom is -0.342 e. The average Bonchev–Trinajstić information content (AvgIpc) is 2.86. The molecular formula is C12H17NO2. The molecule has 1 aliphatic heterocycles. The van der Waals surface area contributed by atoms with Gasteiger partial charge in [0.15, 0.2) is 0 Å². The van der Waals surface area contributed by atoms with Crippen LogP contribution in [0.1, 0.15) is 32.1 Å². The van der Waals surface area contributed by atoms with Gasteiger partial charge >= 0.3 is 0 Å². The first-order chi connectivity index (χ1) is 7.24. The Balaban J connectivity index is 1.57. The highest BCUT2D eigenvalue weighted by Gasteiger charge is 2.48. The van der Waals surface area contributed by atoms with Crippen molar-refractivity contribution in [3.8, 4) is 0 Å². The van der Waals surface area contributed by atoms with Crippen molar-refractivity contribution >= 4 is 11.7 Å². The molecule has 0 spiro atoms. The summed E-state index contributed by atoms with van der Waals surface area (Å²) in [6.07, 6.45) is 4.75. The molecule has 1 saturated heterocycles. The predicted molar refractivity (Wildman–Crippen MR) is 55.1 cm³/mol. The lowest BCUT2D eigenvalue weighted by molar-refractivity contribution is -0.138. The van der Waals surface area contributed by atoms with Crippen LogP contribution in [0.3, 0.4) is 0 Å². The molecule has 3 nitrogen and oxygen atoms in total. The zero-order valence-corrected chi connectivity index (χ0v) is 8.95. The van der Waals surface area contributed by atoms with E-state index in [-0.39, 0.29) is 0 Å². The molecule has 3 aliphatic rings. The molecule has 3 heteroatoms. The first-order valence-corrected chi connectivity index (χ1v) is 6.04. The van der Waals surface area contributed by atoms with E-state index in [0.29, 0.717) is 43.5 Å². The number of ketones is 1. The smallest absolute Gasteiger partial charge is 0.225 e. The summed E-state index contributed by atoms with van der Waals surface area (Å²) in [5.41, 5.74) is 0. The Kier molecular flexibility index (Phi) is 2.08. The van der Waals surface area contributed by atoms with Gasteiger partial charge in [-0.1, -0.05) is 0 Å². The Morgan fingerprint density at radius 3 is 2.27 bits per heavy atom. The second-order valence-corrected chi connectivity index (χ2v) is 5.29. The third kappa shape index (κ3) is 1.68. The Bertz CT molecular complexity index is 293. The number of hydrogen-bond donors (Lipinski definition) is 0. The van der Waals surface area contributed by atoms with Crippen LogP contribution in [-0.2, 0) is 9.59 Å². The highest BCUT2D eigenvalue weighted by molar-refractivity contribution is 5.84. The van der Waals surface area contributed by atoms with Gasteiger partial charge in [0, 0.05) is 31.8 Å². The molecule has 2 saturated carbocycles. The van der Waals surface area contributed by atoms with Crippen LogP contribution in [0.25, 0.3) is 0 Å². The average molecular weight is 207 g/mol. The number of hydrogen-bond acceptors (Lipinski definition) is 2. The number of amides is 1. The summed E-state index contributed by atoms with van der Waals surface area (Å²) in [7, 11) is 0. The second-order valence-electron chi connectivity index (χ2n) is 5.29. The van der Waals surface area contributed by atoms with E-state index < -0.39 is 0 Å².